The van der Waals surface area contributed by atoms with Crippen LogP contribution < -0.4 is 0 Å². The van der Waals surface area contributed by atoms with Gasteiger partial charge in [-0.2, -0.15) is 0 Å². The molecule has 1 aromatic carbocycles. The Morgan fingerprint density at radius 2 is 1.95 bits per heavy atom. The molecule has 20 heavy (non-hydrogen) atoms. The second kappa shape index (κ2) is 5.82. The molecule has 1 aromatic rings. The molecule has 0 atom stereocenters. The lowest BCUT2D eigenvalue weighted by Crippen LogP contribution is -2.39. The normalized spacial score (nSPS) is 18.2. The fraction of sp³-hybridized carbons (Fsp3) is 0.600. The Labute approximate surface area is 128 Å². The molecule has 1 heterocycles. The smallest absolute Gasteiger partial charge is 0.270 e. The summed E-state index contributed by atoms with van der Waals surface area (Å²) in [7, 11) is 2.16. The molecule has 0 aliphatic carbocycles. The van der Waals surface area contributed by atoms with E-state index in [0.29, 0.717) is 5.92 Å². The average Bonchev–Trinajstić information content (AvgIpc) is 2.38. The SMILES string of the molecule is CN1CCC(C(C)(C)c2ccc([N+](=O)[O-])cc2Br)CC1. The van der Waals surface area contributed by atoms with Gasteiger partial charge in [0.1, 0.15) is 0 Å². The molecular weight excluding hydrogens is 320 g/mol. The molecule has 4 nitrogen and oxygen atoms in total. The molecular formula is C15H21BrN2O2. The molecule has 1 fully saturated rings. The number of hydrogen-bond acceptors (Lipinski definition) is 3. The second-order valence-electron chi connectivity index (χ2n) is 6.22. The van der Waals surface area contributed by atoms with Gasteiger partial charge in [0.05, 0.1) is 4.92 Å². The van der Waals surface area contributed by atoms with Gasteiger partial charge in [0, 0.05) is 16.6 Å². The molecule has 5 heteroatoms. The quantitative estimate of drug-likeness (QED) is 0.617. The molecule has 0 amide bonds. The molecule has 1 saturated heterocycles. The molecule has 110 valence electrons. The van der Waals surface area contributed by atoms with Gasteiger partial charge in [-0.15, -0.1) is 0 Å². The van der Waals surface area contributed by atoms with Crippen molar-refractivity contribution in [3.05, 3.63) is 38.3 Å². The molecule has 0 spiro atoms. The molecule has 0 N–H and O–H groups in total. The van der Waals surface area contributed by atoms with Crippen molar-refractivity contribution in [1.82, 2.24) is 4.90 Å². The fourth-order valence-corrected chi connectivity index (χ4v) is 3.97. The van der Waals surface area contributed by atoms with Gasteiger partial charge in [-0.1, -0.05) is 35.8 Å². The van der Waals surface area contributed by atoms with E-state index in [0.717, 1.165) is 23.1 Å². The van der Waals surface area contributed by atoms with Crippen LogP contribution in [0.5, 0.6) is 0 Å². The van der Waals surface area contributed by atoms with Crippen molar-refractivity contribution in [3.63, 3.8) is 0 Å². The van der Waals surface area contributed by atoms with E-state index in [1.807, 2.05) is 6.07 Å². The number of nitro benzene ring substituents is 1. The van der Waals surface area contributed by atoms with Crippen molar-refractivity contribution in [1.29, 1.82) is 0 Å². The van der Waals surface area contributed by atoms with E-state index in [9.17, 15) is 10.1 Å². The maximum absolute atomic E-state index is 10.8. The van der Waals surface area contributed by atoms with Crippen molar-refractivity contribution in [2.45, 2.75) is 32.1 Å². The summed E-state index contributed by atoms with van der Waals surface area (Å²) >= 11 is 3.51. The summed E-state index contributed by atoms with van der Waals surface area (Å²) in [4.78, 5) is 12.8. The number of rotatable bonds is 3. The van der Waals surface area contributed by atoms with Crippen molar-refractivity contribution in [3.8, 4) is 0 Å². The highest BCUT2D eigenvalue weighted by atomic mass is 79.9. The van der Waals surface area contributed by atoms with Crippen LogP contribution in [0.3, 0.4) is 0 Å². The standard InChI is InChI=1S/C15H21BrN2O2/c1-15(2,11-6-8-17(3)9-7-11)13-5-4-12(18(19)20)10-14(13)16/h4-5,10-11H,6-9H2,1-3H3. The fourth-order valence-electron chi connectivity index (χ4n) is 3.09. The third-order valence-electron chi connectivity index (χ3n) is 4.60. The van der Waals surface area contributed by atoms with Gasteiger partial charge < -0.3 is 4.90 Å². The van der Waals surface area contributed by atoms with Crippen molar-refractivity contribution in [2.24, 2.45) is 5.92 Å². The second-order valence-corrected chi connectivity index (χ2v) is 7.07. The number of nitrogens with zero attached hydrogens (tertiary/aromatic N) is 2. The summed E-state index contributed by atoms with van der Waals surface area (Å²) in [5.41, 5.74) is 1.33. The van der Waals surface area contributed by atoms with E-state index in [1.54, 1.807) is 12.1 Å². The van der Waals surface area contributed by atoms with Crippen LogP contribution in [0, 0.1) is 16.0 Å². The average molecular weight is 341 g/mol. The summed E-state index contributed by atoms with van der Waals surface area (Å²) in [6.45, 7) is 6.74. The topological polar surface area (TPSA) is 46.4 Å². The van der Waals surface area contributed by atoms with E-state index >= 15 is 0 Å². The molecule has 0 bridgehead atoms. The number of halogens is 1. The predicted molar refractivity (Wildman–Crippen MR) is 84.0 cm³/mol. The highest BCUT2D eigenvalue weighted by Crippen LogP contribution is 2.41. The zero-order chi connectivity index (χ0) is 14.9. The van der Waals surface area contributed by atoms with Gasteiger partial charge >= 0.3 is 0 Å². The van der Waals surface area contributed by atoms with E-state index in [-0.39, 0.29) is 16.0 Å². The number of nitro groups is 1. The summed E-state index contributed by atoms with van der Waals surface area (Å²) in [5, 5.41) is 10.8. The van der Waals surface area contributed by atoms with Gasteiger partial charge in [0.15, 0.2) is 0 Å². The Hall–Kier alpha value is -0.940. The van der Waals surface area contributed by atoms with E-state index in [4.69, 9.17) is 0 Å². The Balaban J connectivity index is 2.27. The van der Waals surface area contributed by atoms with Gasteiger partial charge in [-0.3, -0.25) is 10.1 Å². The zero-order valence-electron chi connectivity index (χ0n) is 12.2. The predicted octanol–water partition coefficient (Wildman–Crippen LogP) is 3.98. The largest absolute Gasteiger partial charge is 0.306 e. The summed E-state index contributed by atoms with van der Waals surface area (Å²) in [6.07, 6.45) is 2.35. The Morgan fingerprint density at radius 3 is 2.45 bits per heavy atom. The Kier molecular flexibility index (Phi) is 4.49. The zero-order valence-corrected chi connectivity index (χ0v) is 13.8. The first-order valence-corrected chi connectivity index (χ1v) is 7.74. The third kappa shape index (κ3) is 3.04. The molecule has 1 aliphatic rings. The number of piperidine rings is 1. The molecule has 0 saturated carbocycles. The van der Waals surface area contributed by atoms with Crippen LogP contribution in [0.4, 0.5) is 5.69 Å². The van der Waals surface area contributed by atoms with Gasteiger partial charge in [-0.05, 0) is 49.9 Å². The molecule has 1 aliphatic heterocycles. The Bertz CT molecular complexity index is 509. The van der Waals surface area contributed by atoms with Crippen molar-refractivity contribution >= 4 is 21.6 Å². The van der Waals surface area contributed by atoms with Crippen LogP contribution in [0.25, 0.3) is 0 Å². The van der Waals surface area contributed by atoms with Crippen LogP contribution >= 0.6 is 15.9 Å². The highest BCUT2D eigenvalue weighted by molar-refractivity contribution is 9.10. The van der Waals surface area contributed by atoms with Crippen LogP contribution in [0.2, 0.25) is 0 Å². The summed E-state index contributed by atoms with van der Waals surface area (Å²) in [6, 6.07) is 5.13. The van der Waals surface area contributed by atoms with E-state index < -0.39 is 0 Å². The highest BCUT2D eigenvalue weighted by Gasteiger charge is 2.34. The number of non-ortho nitro benzene ring substituents is 1. The molecule has 0 aromatic heterocycles. The molecule has 2 rings (SSSR count). The first-order valence-electron chi connectivity index (χ1n) is 6.95. The van der Waals surface area contributed by atoms with E-state index in [2.05, 4.69) is 41.7 Å². The molecule has 0 unspecified atom stereocenters. The number of likely N-dealkylation sites (tertiary alicyclic amines) is 1. The van der Waals surface area contributed by atoms with Gasteiger partial charge in [0.25, 0.3) is 5.69 Å². The minimum absolute atomic E-state index is 0.0230. The van der Waals surface area contributed by atoms with Gasteiger partial charge in [-0.25, -0.2) is 0 Å². The molecule has 0 radical (unpaired) electrons. The maximum Gasteiger partial charge on any atom is 0.270 e. The lowest BCUT2D eigenvalue weighted by Gasteiger charge is -2.40. The minimum atomic E-state index is -0.350. The van der Waals surface area contributed by atoms with Crippen LogP contribution in [0.1, 0.15) is 32.3 Å². The Morgan fingerprint density at radius 1 is 1.35 bits per heavy atom. The number of hydrogen-bond donors (Lipinski definition) is 0. The lowest BCUT2D eigenvalue weighted by molar-refractivity contribution is -0.385. The van der Waals surface area contributed by atoms with Crippen LogP contribution in [-0.2, 0) is 5.41 Å². The summed E-state index contributed by atoms with van der Waals surface area (Å²) < 4.78 is 0.843. The van der Waals surface area contributed by atoms with Crippen LogP contribution in [0.15, 0.2) is 22.7 Å². The minimum Gasteiger partial charge on any atom is -0.306 e. The third-order valence-corrected chi connectivity index (χ3v) is 5.25. The number of benzene rings is 1. The van der Waals surface area contributed by atoms with E-state index in [1.165, 1.54) is 12.8 Å². The summed E-state index contributed by atoms with van der Waals surface area (Å²) in [5.74, 6) is 0.608. The monoisotopic (exact) mass is 340 g/mol. The van der Waals surface area contributed by atoms with Crippen molar-refractivity contribution in [2.75, 3.05) is 20.1 Å². The van der Waals surface area contributed by atoms with Crippen molar-refractivity contribution < 1.29 is 4.92 Å². The maximum atomic E-state index is 10.8. The first-order chi connectivity index (χ1) is 9.32. The van der Waals surface area contributed by atoms with Gasteiger partial charge in [0.2, 0.25) is 0 Å². The first kappa shape index (κ1) is 15.4. The lowest BCUT2D eigenvalue weighted by atomic mass is 9.69. The van der Waals surface area contributed by atoms with Crippen LogP contribution in [-0.4, -0.2) is 30.0 Å².